The van der Waals surface area contributed by atoms with Crippen LogP contribution in [0.1, 0.15) is 41.5 Å². The molecule has 0 saturated carbocycles. The predicted molar refractivity (Wildman–Crippen MR) is 58.8 cm³/mol. The fraction of sp³-hybridized carbons (Fsp3) is 0.538. The van der Waals surface area contributed by atoms with Crippen LogP contribution >= 0.6 is 0 Å². The molecule has 14 heavy (non-hydrogen) atoms. The first-order valence-electron chi connectivity index (χ1n) is 5.51. The molecule has 1 aliphatic rings. The van der Waals surface area contributed by atoms with Gasteiger partial charge >= 0.3 is 0 Å². The zero-order valence-electron chi connectivity index (χ0n) is 9.06. The summed E-state index contributed by atoms with van der Waals surface area (Å²) in [6.45, 7) is 4.26. The molecule has 1 aromatic rings. The van der Waals surface area contributed by atoms with Crippen LogP contribution < -0.4 is 0 Å². The Morgan fingerprint density at radius 1 is 1.00 bits per heavy atom. The van der Waals surface area contributed by atoms with E-state index in [1.807, 2.05) is 6.07 Å². The highest BCUT2D eigenvalue weighted by atomic mass is 16.3. The molecule has 0 aliphatic heterocycles. The number of hydrogen-bond acceptors (Lipinski definition) is 1. The maximum Gasteiger partial charge on any atom is 0.119 e. The van der Waals surface area contributed by atoms with Crippen LogP contribution in [0.25, 0.3) is 0 Å². The Morgan fingerprint density at radius 2 is 1.64 bits per heavy atom. The second-order valence-electron chi connectivity index (χ2n) is 4.36. The van der Waals surface area contributed by atoms with E-state index in [9.17, 15) is 5.11 Å². The standard InChI is InChI=1S/C13H18O/c1-9-8-13(14)12-7-5-3-4-6-11(12)10(9)2/h8,14H,3-7H2,1-2H3. The molecule has 0 radical (unpaired) electrons. The number of phenolic OH excluding ortho intramolecular Hbond substituents is 1. The van der Waals surface area contributed by atoms with E-state index in [1.165, 1.54) is 41.5 Å². The third-order valence-corrected chi connectivity index (χ3v) is 3.42. The summed E-state index contributed by atoms with van der Waals surface area (Å²) in [6, 6.07) is 1.92. The van der Waals surface area contributed by atoms with Gasteiger partial charge in [-0.1, -0.05) is 6.42 Å². The van der Waals surface area contributed by atoms with Crippen LogP contribution in [0.15, 0.2) is 6.07 Å². The van der Waals surface area contributed by atoms with Crippen LogP contribution in [0.4, 0.5) is 0 Å². The lowest BCUT2D eigenvalue weighted by Crippen LogP contribution is -1.97. The highest BCUT2D eigenvalue weighted by Crippen LogP contribution is 2.32. The van der Waals surface area contributed by atoms with Crippen LogP contribution in [0, 0.1) is 13.8 Å². The Morgan fingerprint density at radius 3 is 2.36 bits per heavy atom. The molecular weight excluding hydrogens is 172 g/mol. The average molecular weight is 190 g/mol. The van der Waals surface area contributed by atoms with E-state index >= 15 is 0 Å². The molecule has 0 unspecified atom stereocenters. The molecule has 0 spiro atoms. The van der Waals surface area contributed by atoms with Crippen LogP contribution in [-0.2, 0) is 12.8 Å². The van der Waals surface area contributed by atoms with E-state index in [2.05, 4.69) is 13.8 Å². The van der Waals surface area contributed by atoms with E-state index in [-0.39, 0.29) is 0 Å². The molecule has 0 aromatic heterocycles. The summed E-state index contributed by atoms with van der Waals surface area (Å²) in [6.07, 6.45) is 6.01. The zero-order valence-corrected chi connectivity index (χ0v) is 9.06. The molecule has 0 bridgehead atoms. The van der Waals surface area contributed by atoms with Gasteiger partial charge in [-0.15, -0.1) is 0 Å². The van der Waals surface area contributed by atoms with Crippen LogP contribution in [0.2, 0.25) is 0 Å². The number of fused-ring (bicyclic) bond motifs is 1. The summed E-state index contributed by atoms with van der Waals surface area (Å²) >= 11 is 0. The summed E-state index contributed by atoms with van der Waals surface area (Å²) in [5.41, 5.74) is 5.24. The molecule has 1 heteroatoms. The van der Waals surface area contributed by atoms with Crippen molar-refractivity contribution in [3.63, 3.8) is 0 Å². The minimum absolute atomic E-state index is 0.519. The van der Waals surface area contributed by atoms with E-state index in [0.29, 0.717) is 5.75 Å². The summed E-state index contributed by atoms with van der Waals surface area (Å²) < 4.78 is 0. The van der Waals surface area contributed by atoms with Crippen molar-refractivity contribution in [2.24, 2.45) is 0 Å². The molecule has 0 atom stereocenters. The summed E-state index contributed by atoms with van der Waals surface area (Å²) in [7, 11) is 0. The lowest BCUT2D eigenvalue weighted by atomic mass is 9.93. The lowest BCUT2D eigenvalue weighted by Gasteiger charge is -2.13. The van der Waals surface area contributed by atoms with Crippen LogP contribution in [-0.4, -0.2) is 5.11 Å². The number of aromatic hydroxyl groups is 1. The monoisotopic (exact) mass is 190 g/mol. The molecule has 0 fully saturated rings. The largest absolute Gasteiger partial charge is 0.508 e. The first kappa shape index (κ1) is 9.57. The third kappa shape index (κ3) is 1.52. The molecule has 0 saturated heterocycles. The highest BCUT2D eigenvalue weighted by Gasteiger charge is 2.15. The van der Waals surface area contributed by atoms with E-state index < -0.39 is 0 Å². The minimum atomic E-state index is 0.519. The van der Waals surface area contributed by atoms with Crippen molar-refractivity contribution in [1.82, 2.24) is 0 Å². The molecule has 1 N–H and O–H groups in total. The van der Waals surface area contributed by atoms with Gasteiger partial charge in [0.05, 0.1) is 0 Å². The van der Waals surface area contributed by atoms with Crippen molar-refractivity contribution in [2.45, 2.75) is 46.0 Å². The second-order valence-corrected chi connectivity index (χ2v) is 4.36. The molecule has 76 valence electrons. The predicted octanol–water partition coefficient (Wildman–Crippen LogP) is 3.28. The maximum absolute atomic E-state index is 9.89. The van der Waals surface area contributed by atoms with E-state index in [1.54, 1.807) is 0 Å². The fourth-order valence-corrected chi connectivity index (χ4v) is 2.42. The van der Waals surface area contributed by atoms with Crippen molar-refractivity contribution in [3.05, 3.63) is 28.3 Å². The van der Waals surface area contributed by atoms with Gasteiger partial charge < -0.3 is 5.11 Å². The van der Waals surface area contributed by atoms with Crippen molar-refractivity contribution in [2.75, 3.05) is 0 Å². The van der Waals surface area contributed by atoms with Gasteiger partial charge in [-0.05, 0) is 67.9 Å². The second kappa shape index (κ2) is 3.64. The van der Waals surface area contributed by atoms with Gasteiger partial charge in [0, 0.05) is 0 Å². The third-order valence-electron chi connectivity index (χ3n) is 3.42. The van der Waals surface area contributed by atoms with Gasteiger partial charge in [-0.3, -0.25) is 0 Å². The number of aryl methyl sites for hydroxylation is 1. The molecule has 0 amide bonds. The fourth-order valence-electron chi connectivity index (χ4n) is 2.42. The van der Waals surface area contributed by atoms with Gasteiger partial charge in [-0.25, -0.2) is 0 Å². The molecule has 0 heterocycles. The quantitative estimate of drug-likeness (QED) is 0.622. The van der Waals surface area contributed by atoms with Gasteiger partial charge in [0.15, 0.2) is 0 Å². The Labute approximate surface area is 85.8 Å². The van der Waals surface area contributed by atoms with Crippen LogP contribution in [0.3, 0.4) is 0 Å². The first-order valence-corrected chi connectivity index (χ1v) is 5.51. The molecular formula is C13H18O. The Hall–Kier alpha value is -0.980. The maximum atomic E-state index is 9.89. The molecule has 1 nitrogen and oxygen atoms in total. The number of hydrogen-bond donors (Lipinski definition) is 1. The van der Waals surface area contributed by atoms with Crippen molar-refractivity contribution in [3.8, 4) is 5.75 Å². The Bertz CT molecular complexity index is 353. The van der Waals surface area contributed by atoms with Gasteiger partial charge in [-0.2, -0.15) is 0 Å². The molecule has 1 aromatic carbocycles. The molecule has 2 rings (SSSR count). The van der Waals surface area contributed by atoms with E-state index in [0.717, 1.165) is 12.8 Å². The van der Waals surface area contributed by atoms with Crippen molar-refractivity contribution < 1.29 is 5.11 Å². The van der Waals surface area contributed by atoms with Gasteiger partial charge in [0.25, 0.3) is 0 Å². The van der Waals surface area contributed by atoms with Gasteiger partial charge in [0.1, 0.15) is 5.75 Å². The number of benzene rings is 1. The minimum Gasteiger partial charge on any atom is -0.508 e. The molecule has 1 aliphatic carbocycles. The summed E-state index contributed by atoms with van der Waals surface area (Å²) in [5, 5.41) is 9.89. The first-order chi connectivity index (χ1) is 6.70. The van der Waals surface area contributed by atoms with Crippen molar-refractivity contribution in [1.29, 1.82) is 0 Å². The average Bonchev–Trinajstić information content (AvgIpc) is 2.39. The number of rotatable bonds is 0. The normalized spacial score (nSPS) is 16.1. The topological polar surface area (TPSA) is 20.2 Å². The Balaban J connectivity index is 2.57. The van der Waals surface area contributed by atoms with Crippen molar-refractivity contribution >= 4 is 0 Å². The summed E-state index contributed by atoms with van der Waals surface area (Å²) in [5.74, 6) is 0.519. The number of phenols is 1. The highest BCUT2D eigenvalue weighted by molar-refractivity contribution is 5.48. The van der Waals surface area contributed by atoms with Crippen LogP contribution in [0.5, 0.6) is 5.75 Å². The SMILES string of the molecule is Cc1cc(O)c2c(c1C)CCCCC2. The summed E-state index contributed by atoms with van der Waals surface area (Å²) in [4.78, 5) is 0. The Kier molecular flexibility index (Phi) is 2.49. The lowest BCUT2D eigenvalue weighted by molar-refractivity contribution is 0.466. The zero-order chi connectivity index (χ0) is 10.1. The van der Waals surface area contributed by atoms with E-state index in [4.69, 9.17) is 0 Å². The van der Waals surface area contributed by atoms with Gasteiger partial charge in [0.2, 0.25) is 0 Å². The smallest absolute Gasteiger partial charge is 0.119 e.